The van der Waals surface area contributed by atoms with Gasteiger partial charge in [0.2, 0.25) is 5.91 Å². The van der Waals surface area contributed by atoms with E-state index in [2.05, 4.69) is 5.32 Å². The molecule has 1 atom stereocenters. The van der Waals surface area contributed by atoms with Crippen molar-refractivity contribution in [2.45, 2.75) is 57.0 Å². The van der Waals surface area contributed by atoms with Crippen LogP contribution in [0.2, 0.25) is 0 Å². The molecular weight excluding hydrogens is 296 g/mol. The molecule has 0 bridgehead atoms. The highest BCUT2D eigenvalue weighted by Crippen LogP contribution is 2.36. The van der Waals surface area contributed by atoms with E-state index in [1.807, 2.05) is 0 Å². The zero-order valence-electron chi connectivity index (χ0n) is 13.7. The summed E-state index contributed by atoms with van der Waals surface area (Å²) in [5.74, 6) is 0.101. The SMILES string of the molecule is CC(C(=O)N1CCC(CN)CC1)N1C(=O)NC2(CCCC2)C1=O. The number of urea groups is 1. The van der Waals surface area contributed by atoms with E-state index in [1.165, 1.54) is 0 Å². The topological polar surface area (TPSA) is 95.7 Å². The molecule has 3 fully saturated rings. The van der Waals surface area contributed by atoms with E-state index >= 15 is 0 Å². The first-order valence-corrected chi connectivity index (χ1v) is 8.63. The zero-order valence-corrected chi connectivity index (χ0v) is 13.7. The Kier molecular flexibility index (Phi) is 4.31. The summed E-state index contributed by atoms with van der Waals surface area (Å²) in [5, 5.41) is 2.83. The number of carbonyl (C=O) groups excluding carboxylic acids is 3. The average Bonchev–Trinajstić information content (AvgIpc) is 3.12. The molecule has 3 N–H and O–H groups in total. The molecular formula is C16H26N4O3. The fourth-order valence-electron chi connectivity index (χ4n) is 4.07. The molecule has 0 aromatic rings. The fraction of sp³-hybridized carbons (Fsp3) is 0.812. The van der Waals surface area contributed by atoms with Crippen LogP contribution in [0.25, 0.3) is 0 Å². The van der Waals surface area contributed by atoms with Crippen molar-refractivity contribution in [2.24, 2.45) is 11.7 Å². The highest BCUT2D eigenvalue weighted by molar-refractivity contribution is 6.09. The van der Waals surface area contributed by atoms with E-state index in [0.29, 0.717) is 38.4 Å². The van der Waals surface area contributed by atoms with Crippen molar-refractivity contribution in [1.29, 1.82) is 0 Å². The van der Waals surface area contributed by atoms with Gasteiger partial charge in [-0.15, -0.1) is 0 Å². The van der Waals surface area contributed by atoms with Crippen LogP contribution in [0, 0.1) is 5.92 Å². The van der Waals surface area contributed by atoms with Gasteiger partial charge < -0.3 is 16.0 Å². The Morgan fingerprint density at radius 3 is 2.48 bits per heavy atom. The van der Waals surface area contributed by atoms with Crippen LogP contribution in [0.1, 0.15) is 45.4 Å². The van der Waals surface area contributed by atoms with Gasteiger partial charge in [0.1, 0.15) is 11.6 Å². The molecule has 1 saturated carbocycles. The predicted molar refractivity (Wildman–Crippen MR) is 84.4 cm³/mol. The summed E-state index contributed by atoms with van der Waals surface area (Å²) in [5.41, 5.74) is 4.93. The van der Waals surface area contributed by atoms with E-state index in [1.54, 1.807) is 11.8 Å². The predicted octanol–water partition coefficient (Wildman–Crippen LogP) is 0.437. The second kappa shape index (κ2) is 6.11. The Labute approximate surface area is 136 Å². The van der Waals surface area contributed by atoms with Crippen molar-refractivity contribution >= 4 is 17.8 Å². The largest absolute Gasteiger partial charge is 0.341 e. The monoisotopic (exact) mass is 322 g/mol. The van der Waals surface area contributed by atoms with Crippen molar-refractivity contribution in [3.63, 3.8) is 0 Å². The molecule has 4 amide bonds. The Morgan fingerprint density at radius 2 is 1.91 bits per heavy atom. The lowest BCUT2D eigenvalue weighted by Crippen LogP contribution is -2.52. The number of carbonyl (C=O) groups is 3. The lowest BCUT2D eigenvalue weighted by molar-refractivity contribution is -0.143. The number of rotatable bonds is 3. The number of hydrogen-bond acceptors (Lipinski definition) is 4. The molecule has 3 aliphatic rings. The molecule has 0 radical (unpaired) electrons. The number of piperidine rings is 1. The van der Waals surface area contributed by atoms with Crippen LogP contribution in [-0.2, 0) is 9.59 Å². The number of nitrogens with zero attached hydrogens (tertiary/aromatic N) is 2. The van der Waals surface area contributed by atoms with Gasteiger partial charge in [0, 0.05) is 13.1 Å². The van der Waals surface area contributed by atoms with E-state index < -0.39 is 17.6 Å². The lowest BCUT2D eigenvalue weighted by atomic mass is 9.96. The Balaban J connectivity index is 1.68. The molecule has 1 unspecified atom stereocenters. The molecule has 7 nitrogen and oxygen atoms in total. The van der Waals surface area contributed by atoms with Gasteiger partial charge in [-0.1, -0.05) is 12.8 Å². The molecule has 2 heterocycles. The summed E-state index contributed by atoms with van der Waals surface area (Å²) in [6, 6.07) is -1.16. The summed E-state index contributed by atoms with van der Waals surface area (Å²) >= 11 is 0. The number of likely N-dealkylation sites (tertiary alicyclic amines) is 1. The number of imide groups is 1. The maximum absolute atomic E-state index is 12.7. The van der Waals surface area contributed by atoms with Crippen molar-refractivity contribution in [1.82, 2.24) is 15.1 Å². The van der Waals surface area contributed by atoms with Crippen molar-refractivity contribution < 1.29 is 14.4 Å². The maximum Gasteiger partial charge on any atom is 0.325 e. The van der Waals surface area contributed by atoms with Crippen LogP contribution in [-0.4, -0.2) is 58.9 Å². The van der Waals surface area contributed by atoms with Crippen LogP contribution < -0.4 is 11.1 Å². The molecule has 3 rings (SSSR count). The first kappa shape index (κ1) is 16.2. The third-order valence-electron chi connectivity index (χ3n) is 5.65. The van der Waals surface area contributed by atoms with Crippen LogP contribution in [0.3, 0.4) is 0 Å². The van der Waals surface area contributed by atoms with E-state index in [9.17, 15) is 14.4 Å². The minimum atomic E-state index is -0.752. The summed E-state index contributed by atoms with van der Waals surface area (Å²) in [4.78, 5) is 40.6. The number of nitrogens with one attached hydrogen (secondary N) is 1. The van der Waals surface area contributed by atoms with Crippen LogP contribution in [0.5, 0.6) is 0 Å². The maximum atomic E-state index is 12.7. The smallest absolute Gasteiger partial charge is 0.325 e. The van der Waals surface area contributed by atoms with Gasteiger partial charge in [-0.2, -0.15) is 0 Å². The van der Waals surface area contributed by atoms with Crippen molar-refractivity contribution in [3.8, 4) is 0 Å². The van der Waals surface area contributed by atoms with Gasteiger partial charge >= 0.3 is 6.03 Å². The Morgan fingerprint density at radius 1 is 1.30 bits per heavy atom. The van der Waals surface area contributed by atoms with Gasteiger partial charge in [0.15, 0.2) is 0 Å². The molecule has 1 aliphatic carbocycles. The summed E-state index contributed by atoms with van der Waals surface area (Å²) < 4.78 is 0. The molecule has 1 spiro atoms. The van der Waals surface area contributed by atoms with Gasteiger partial charge in [-0.05, 0) is 45.1 Å². The third-order valence-corrected chi connectivity index (χ3v) is 5.65. The van der Waals surface area contributed by atoms with Gasteiger partial charge in [0.25, 0.3) is 5.91 Å². The fourth-order valence-corrected chi connectivity index (χ4v) is 4.07. The standard InChI is InChI=1S/C16H26N4O3/c1-11(13(21)19-8-4-12(10-17)5-9-19)20-14(22)16(18-15(20)23)6-2-3-7-16/h11-12H,2-10,17H2,1H3,(H,18,23). The van der Waals surface area contributed by atoms with Gasteiger partial charge in [-0.25, -0.2) is 9.69 Å². The molecule has 0 aromatic heterocycles. The first-order chi connectivity index (χ1) is 11.0. The summed E-state index contributed by atoms with van der Waals surface area (Å²) in [6.07, 6.45) is 5.01. The number of hydrogen-bond donors (Lipinski definition) is 2. The van der Waals surface area contributed by atoms with Gasteiger partial charge in [-0.3, -0.25) is 9.59 Å². The number of amides is 4. The molecule has 0 aromatic carbocycles. The van der Waals surface area contributed by atoms with Crippen molar-refractivity contribution in [2.75, 3.05) is 19.6 Å². The Bertz CT molecular complexity index is 507. The van der Waals surface area contributed by atoms with E-state index in [4.69, 9.17) is 5.73 Å². The zero-order chi connectivity index (χ0) is 16.6. The Hall–Kier alpha value is -1.63. The molecule has 2 saturated heterocycles. The summed E-state index contributed by atoms with van der Waals surface area (Å²) in [6.45, 7) is 3.61. The normalized spacial score (nSPS) is 26.0. The van der Waals surface area contributed by atoms with E-state index in [-0.39, 0.29) is 11.8 Å². The minimum absolute atomic E-state index is 0.140. The lowest BCUT2D eigenvalue weighted by Gasteiger charge is -2.34. The van der Waals surface area contributed by atoms with Crippen LogP contribution in [0.15, 0.2) is 0 Å². The van der Waals surface area contributed by atoms with Crippen LogP contribution >= 0.6 is 0 Å². The average molecular weight is 322 g/mol. The summed E-state index contributed by atoms with van der Waals surface area (Å²) in [7, 11) is 0. The molecule has 128 valence electrons. The third kappa shape index (κ3) is 2.71. The number of nitrogens with two attached hydrogens (primary N) is 1. The quantitative estimate of drug-likeness (QED) is 0.737. The van der Waals surface area contributed by atoms with E-state index in [0.717, 1.165) is 30.6 Å². The minimum Gasteiger partial charge on any atom is -0.341 e. The van der Waals surface area contributed by atoms with Crippen LogP contribution in [0.4, 0.5) is 4.79 Å². The second-order valence-electron chi connectivity index (χ2n) is 7.07. The molecule has 23 heavy (non-hydrogen) atoms. The molecule has 2 aliphatic heterocycles. The second-order valence-corrected chi connectivity index (χ2v) is 7.07. The van der Waals surface area contributed by atoms with Crippen molar-refractivity contribution in [3.05, 3.63) is 0 Å². The highest BCUT2D eigenvalue weighted by atomic mass is 16.2. The highest BCUT2D eigenvalue weighted by Gasteiger charge is 2.54. The first-order valence-electron chi connectivity index (χ1n) is 8.63. The molecule has 7 heteroatoms. The van der Waals surface area contributed by atoms with Gasteiger partial charge in [0.05, 0.1) is 0 Å².